The van der Waals surface area contributed by atoms with Crippen molar-refractivity contribution >= 4 is 11.1 Å². The van der Waals surface area contributed by atoms with Gasteiger partial charge in [-0.05, 0) is 48.3 Å². The van der Waals surface area contributed by atoms with Gasteiger partial charge in [0.25, 0.3) is 0 Å². The van der Waals surface area contributed by atoms with Crippen molar-refractivity contribution in [3.8, 4) is 17.6 Å². The molecule has 0 amide bonds. The lowest BCUT2D eigenvalue weighted by molar-refractivity contribution is 0.301. The highest BCUT2D eigenvalue weighted by Gasteiger charge is 2.22. The van der Waals surface area contributed by atoms with Crippen LogP contribution in [0.5, 0.6) is 11.5 Å². The van der Waals surface area contributed by atoms with Gasteiger partial charge in [0.15, 0.2) is 0 Å². The van der Waals surface area contributed by atoms with Gasteiger partial charge in [0.2, 0.25) is 0 Å². The van der Waals surface area contributed by atoms with Gasteiger partial charge in [0.05, 0.1) is 11.6 Å². The standard InChI is InChI=1S/C19H17NO3/c20-12-13-5-6-19-17(11-13)15(8-10-22)14(7-9-21)16-3-1-2-4-18(16)23-19/h1-6,11,21-22H,7-10H2. The fraction of sp³-hybridized carbons (Fsp3) is 0.211. The lowest BCUT2D eigenvalue weighted by Crippen LogP contribution is -1.97. The SMILES string of the molecule is N#Cc1ccc2c(c1)C(CCO)=C(CCO)c1ccccc1O2. The lowest BCUT2D eigenvalue weighted by atomic mass is 9.90. The van der Waals surface area contributed by atoms with E-state index in [1.807, 2.05) is 24.3 Å². The Morgan fingerprint density at radius 3 is 2.22 bits per heavy atom. The topological polar surface area (TPSA) is 73.5 Å². The van der Waals surface area contributed by atoms with Crippen molar-refractivity contribution in [1.29, 1.82) is 5.26 Å². The van der Waals surface area contributed by atoms with Crippen LogP contribution in [0.3, 0.4) is 0 Å². The number of benzene rings is 2. The minimum atomic E-state index is -0.0113. The molecule has 23 heavy (non-hydrogen) atoms. The van der Waals surface area contributed by atoms with E-state index in [-0.39, 0.29) is 13.2 Å². The quantitative estimate of drug-likeness (QED) is 0.908. The van der Waals surface area contributed by atoms with Crippen LogP contribution < -0.4 is 4.74 Å². The van der Waals surface area contributed by atoms with Crippen LogP contribution in [0.4, 0.5) is 0 Å². The number of aliphatic hydroxyl groups is 2. The number of rotatable bonds is 4. The highest BCUT2D eigenvalue weighted by atomic mass is 16.5. The van der Waals surface area contributed by atoms with Crippen LogP contribution >= 0.6 is 0 Å². The molecular formula is C19H17NO3. The Labute approximate surface area is 134 Å². The number of para-hydroxylation sites is 1. The van der Waals surface area contributed by atoms with E-state index in [1.165, 1.54) is 0 Å². The van der Waals surface area contributed by atoms with Crippen molar-refractivity contribution in [3.05, 3.63) is 59.2 Å². The summed E-state index contributed by atoms with van der Waals surface area (Å²) >= 11 is 0. The summed E-state index contributed by atoms with van der Waals surface area (Å²) in [4.78, 5) is 0. The number of nitriles is 1. The van der Waals surface area contributed by atoms with Crippen LogP contribution in [0.1, 0.15) is 29.5 Å². The number of fused-ring (bicyclic) bond motifs is 2. The van der Waals surface area contributed by atoms with Gasteiger partial charge in [-0.1, -0.05) is 18.2 Å². The van der Waals surface area contributed by atoms with Crippen LogP contribution in [0.25, 0.3) is 11.1 Å². The monoisotopic (exact) mass is 307 g/mol. The van der Waals surface area contributed by atoms with Crippen LogP contribution in [-0.2, 0) is 0 Å². The Bertz CT molecular complexity index is 803. The first-order valence-electron chi connectivity index (χ1n) is 7.54. The van der Waals surface area contributed by atoms with Crippen LogP contribution in [0.2, 0.25) is 0 Å². The van der Waals surface area contributed by atoms with E-state index in [9.17, 15) is 15.5 Å². The fourth-order valence-electron chi connectivity index (χ4n) is 2.97. The molecule has 2 aromatic carbocycles. The second-order valence-corrected chi connectivity index (χ2v) is 5.33. The lowest BCUT2D eigenvalue weighted by Gasteiger charge is -2.13. The van der Waals surface area contributed by atoms with Crippen LogP contribution in [0.15, 0.2) is 42.5 Å². The number of aliphatic hydroxyl groups excluding tert-OH is 2. The maximum atomic E-state index is 9.49. The molecule has 3 rings (SSSR count). The average molecular weight is 307 g/mol. The molecule has 116 valence electrons. The molecule has 1 aliphatic rings. The third kappa shape index (κ3) is 2.85. The molecule has 0 spiro atoms. The fourth-order valence-corrected chi connectivity index (χ4v) is 2.97. The molecule has 0 aromatic heterocycles. The maximum Gasteiger partial charge on any atom is 0.135 e. The average Bonchev–Trinajstić information content (AvgIpc) is 2.71. The van der Waals surface area contributed by atoms with E-state index >= 15 is 0 Å². The zero-order valence-corrected chi connectivity index (χ0v) is 12.6. The molecule has 1 heterocycles. The summed E-state index contributed by atoms with van der Waals surface area (Å²) in [5.41, 5.74) is 4.12. The minimum Gasteiger partial charge on any atom is -0.456 e. The summed E-state index contributed by atoms with van der Waals surface area (Å²) in [7, 11) is 0. The zero-order valence-electron chi connectivity index (χ0n) is 12.6. The van der Waals surface area contributed by atoms with E-state index in [0.717, 1.165) is 28.0 Å². The zero-order chi connectivity index (χ0) is 16.2. The Morgan fingerprint density at radius 2 is 1.52 bits per heavy atom. The summed E-state index contributed by atoms with van der Waals surface area (Å²) in [6.45, 7) is -0.00544. The second kappa shape index (κ2) is 6.66. The molecule has 0 saturated heterocycles. The molecule has 0 aliphatic carbocycles. The number of nitrogens with zero attached hydrogens (tertiary/aromatic N) is 1. The van der Waals surface area contributed by atoms with Crippen molar-refractivity contribution in [3.63, 3.8) is 0 Å². The molecule has 2 aromatic rings. The van der Waals surface area contributed by atoms with E-state index in [0.29, 0.717) is 24.2 Å². The van der Waals surface area contributed by atoms with Gasteiger partial charge >= 0.3 is 0 Å². The summed E-state index contributed by atoms with van der Waals surface area (Å²) in [6, 6.07) is 15.1. The van der Waals surface area contributed by atoms with Gasteiger partial charge in [-0.2, -0.15) is 5.26 Å². The molecule has 0 bridgehead atoms. The van der Waals surface area contributed by atoms with Gasteiger partial charge in [-0.25, -0.2) is 0 Å². The Kier molecular flexibility index (Phi) is 4.42. The van der Waals surface area contributed by atoms with Gasteiger partial charge in [-0.3, -0.25) is 0 Å². The maximum absolute atomic E-state index is 9.49. The number of hydrogen-bond acceptors (Lipinski definition) is 4. The van der Waals surface area contributed by atoms with Crippen LogP contribution in [0, 0.1) is 11.3 Å². The van der Waals surface area contributed by atoms with E-state index in [1.54, 1.807) is 18.2 Å². The van der Waals surface area contributed by atoms with Gasteiger partial charge in [0.1, 0.15) is 11.5 Å². The van der Waals surface area contributed by atoms with Gasteiger partial charge in [0, 0.05) is 24.3 Å². The van der Waals surface area contributed by atoms with Crippen molar-refractivity contribution in [2.24, 2.45) is 0 Å². The summed E-state index contributed by atoms with van der Waals surface area (Å²) in [5.74, 6) is 1.38. The Balaban J connectivity index is 2.31. The van der Waals surface area contributed by atoms with E-state index in [4.69, 9.17) is 4.74 Å². The molecular weight excluding hydrogens is 290 g/mol. The molecule has 0 saturated carbocycles. The predicted octanol–water partition coefficient (Wildman–Crippen LogP) is 3.34. The Hall–Kier alpha value is -2.61. The smallest absolute Gasteiger partial charge is 0.135 e. The Morgan fingerprint density at radius 1 is 0.870 bits per heavy atom. The summed E-state index contributed by atoms with van der Waals surface area (Å²) in [5, 5.41) is 28.1. The van der Waals surface area contributed by atoms with Gasteiger partial charge in [-0.15, -0.1) is 0 Å². The molecule has 1 aliphatic heterocycles. The first-order valence-corrected chi connectivity index (χ1v) is 7.54. The normalized spacial score (nSPS) is 12.7. The van der Waals surface area contributed by atoms with Crippen LogP contribution in [-0.4, -0.2) is 23.4 Å². The molecule has 0 radical (unpaired) electrons. The van der Waals surface area contributed by atoms with Crippen molar-refractivity contribution in [2.45, 2.75) is 12.8 Å². The molecule has 4 nitrogen and oxygen atoms in total. The van der Waals surface area contributed by atoms with Crippen molar-refractivity contribution < 1.29 is 14.9 Å². The largest absolute Gasteiger partial charge is 0.456 e. The van der Waals surface area contributed by atoms with E-state index in [2.05, 4.69) is 6.07 Å². The number of ether oxygens (including phenoxy) is 1. The first kappa shape index (κ1) is 15.3. The highest BCUT2D eigenvalue weighted by Crippen LogP contribution is 2.44. The highest BCUT2D eigenvalue weighted by molar-refractivity contribution is 5.95. The first-order chi connectivity index (χ1) is 11.3. The molecule has 0 fully saturated rings. The minimum absolute atomic E-state index is 0.00582. The van der Waals surface area contributed by atoms with Crippen molar-refractivity contribution in [2.75, 3.05) is 13.2 Å². The molecule has 0 atom stereocenters. The van der Waals surface area contributed by atoms with Gasteiger partial charge < -0.3 is 14.9 Å². The number of hydrogen-bond donors (Lipinski definition) is 2. The van der Waals surface area contributed by atoms with Crippen molar-refractivity contribution in [1.82, 2.24) is 0 Å². The molecule has 4 heteroatoms. The molecule has 2 N–H and O–H groups in total. The predicted molar refractivity (Wildman–Crippen MR) is 87.9 cm³/mol. The summed E-state index contributed by atoms with van der Waals surface area (Å²) in [6.07, 6.45) is 0.904. The third-order valence-corrected chi connectivity index (χ3v) is 3.95. The molecule has 0 unspecified atom stereocenters. The second-order valence-electron chi connectivity index (χ2n) is 5.33. The van der Waals surface area contributed by atoms with E-state index < -0.39 is 0 Å². The summed E-state index contributed by atoms with van der Waals surface area (Å²) < 4.78 is 6.04. The third-order valence-electron chi connectivity index (χ3n) is 3.95.